The summed E-state index contributed by atoms with van der Waals surface area (Å²) in [5.74, 6) is 0.929. The van der Waals surface area contributed by atoms with Gasteiger partial charge in [-0.2, -0.15) is 5.10 Å². The molecule has 0 bridgehead atoms. The van der Waals surface area contributed by atoms with Gasteiger partial charge in [0.25, 0.3) is 0 Å². The molecule has 1 amide bonds. The number of aromatic nitrogens is 3. The first-order valence-electron chi connectivity index (χ1n) is 8.56. The minimum absolute atomic E-state index is 0.0431. The van der Waals surface area contributed by atoms with Gasteiger partial charge in [0.2, 0.25) is 5.91 Å². The van der Waals surface area contributed by atoms with E-state index in [4.69, 9.17) is 0 Å². The second-order valence-corrected chi connectivity index (χ2v) is 7.80. The molecule has 4 rings (SSSR count). The Bertz CT molecular complexity index is 915. The molecule has 0 saturated carbocycles. The van der Waals surface area contributed by atoms with Crippen LogP contribution in [0.3, 0.4) is 0 Å². The first kappa shape index (κ1) is 16.9. The topological polar surface area (TPSA) is 63.1 Å². The smallest absolute Gasteiger partial charge is 0.226 e. The number of carbonyl (C=O) groups is 1. The van der Waals surface area contributed by atoms with Gasteiger partial charge in [-0.3, -0.25) is 9.78 Å². The Morgan fingerprint density at radius 3 is 2.88 bits per heavy atom. The van der Waals surface area contributed by atoms with Crippen molar-refractivity contribution >= 4 is 23.1 Å². The standard InChI is InChI=1S/C19H21N5OS/c1-23(2)10-14-7-17(26-12-14)15-8-18(25)22-19-16(15)9-21-24(19)11-13-3-5-20-6-4-13/h3-7,9,12,15H,8,10-11H2,1-2H3,(H,22,25)/t15-/m0/s1. The number of thiophene rings is 1. The summed E-state index contributed by atoms with van der Waals surface area (Å²) >= 11 is 1.72. The summed E-state index contributed by atoms with van der Waals surface area (Å²) in [5, 5.41) is 9.73. The molecule has 1 atom stereocenters. The minimum Gasteiger partial charge on any atom is -0.311 e. The van der Waals surface area contributed by atoms with E-state index in [1.165, 1.54) is 10.4 Å². The Kier molecular flexibility index (Phi) is 4.57. The van der Waals surface area contributed by atoms with E-state index < -0.39 is 0 Å². The maximum Gasteiger partial charge on any atom is 0.226 e. The fourth-order valence-corrected chi connectivity index (χ4v) is 4.35. The molecule has 1 aliphatic heterocycles. The predicted molar refractivity (Wildman–Crippen MR) is 102 cm³/mol. The van der Waals surface area contributed by atoms with Gasteiger partial charge in [0.05, 0.1) is 12.7 Å². The van der Waals surface area contributed by atoms with Crippen molar-refractivity contribution in [1.29, 1.82) is 0 Å². The summed E-state index contributed by atoms with van der Waals surface area (Å²) in [5.41, 5.74) is 3.48. The molecule has 26 heavy (non-hydrogen) atoms. The van der Waals surface area contributed by atoms with E-state index in [0.29, 0.717) is 13.0 Å². The normalized spacial score (nSPS) is 16.6. The van der Waals surface area contributed by atoms with Crippen molar-refractivity contribution in [2.45, 2.75) is 25.4 Å². The van der Waals surface area contributed by atoms with Crippen LogP contribution in [-0.4, -0.2) is 39.7 Å². The number of rotatable bonds is 5. The fourth-order valence-electron chi connectivity index (χ4n) is 3.33. The van der Waals surface area contributed by atoms with Crippen molar-refractivity contribution in [2.24, 2.45) is 0 Å². The number of hydrogen-bond acceptors (Lipinski definition) is 5. The van der Waals surface area contributed by atoms with Crippen LogP contribution in [0.2, 0.25) is 0 Å². The fraction of sp³-hybridized carbons (Fsp3) is 0.316. The minimum atomic E-state index is 0.0431. The summed E-state index contributed by atoms with van der Waals surface area (Å²) in [4.78, 5) is 19.8. The highest BCUT2D eigenvalue weighted by atomic mass is 32.1. The van der Waals surface area contributed by atoms with Crippen LogP contribution in [0.4, 0.5) is 5.82 Å². The molecule has 0 unspecified atom stereocenters. The van der Waals surface area contributed by atoms with Crippen molar-refractivity contribution in [2.75, 3.05) is 19.4 Å². The van der Waals surface area contributed by atoms with Gasteiger partial charge >= 0.3 is 0 Å². The Balaban J connectivity index is 1.64. The lowest BCUT2D eigenvalue weighted by Crippen LogP contribution is -2.24. The van der Waals surface area contributed by atoms with Crippen LogP contribution in [0.5, 0.6) is 0 Å². The first-order chi connectivity index (χ1) is 12.6. The summed E-state index contributed by atoms with van der Waals surface area (Å²) in [7, 11) is 4.12. The molecular formula is C19H21N5OS. The van der Waals surface area contributed by atoms with Crippen molar-refractivity contribution in [3.8, 4) is 0 Å². The molecule has 134 valence electrons. The van der Waals surface area contributed by atoms with Crippen LogP contribution < -0.4 is 5.32 Å². The van der Waals surface area contributed by atoms with Crippen molar-refractivity contribution < 1.29 is 4.79 Å². The Morgan fingerprint density at radius 1 is 1.31 bits per heavy atom. The molecule has 6 nitrogen and oxygen atoms in total. The second-order valence-electron chi connectivity index (χ2n) is 6.86. The molecule has 0 saturated heterocycles. The van der Waals surface area contributed by atoms with Gasteiger partial charge in [-0.1, -0.05) is 0 Å². The quantitative estimate of drug-likeness (QED) is 0.753. The highest BCUT2D eigenvalue weighted by Gasteiger charge is 2.30. The Hall–Kier alpha value is -2.51. The van der Waals surface area contributed by atoms with Gasteiger partial charge in [0.15, 0.2) is 0 Å². The zero-order chi connectivity index (χ0) is 18.1. The van der Waals surface area contributed by atoms with Crippen molar-refractivity contribution in [3.05, 3.63) is 63.7 Å². The molecule has 3 aromatic heterocycles. The number of hydrogen-bond donors (Lipinski definition) is 1. The molecule has 0 aliphatic carbocycles. The number of carbonyl (C=O) groups excluding carboxylic acids is 1. The molecule has 1 N–H and O–H groups in total. The van der Waals surface area contributed by atoms with Crippen LogP contribution in [-0.2, 0) is 17.9 Å². The molecule has 1 aliphatic rings. The summed E-state index contributed by atoms with van der Waals surface area (Å²) in [6, 6.07) is 6.14. The zero-order valence-corrected chi connectivity index (χ0v) is 15.7. The number of anilines is 1. The Morgan fingerprint density at radius 2 is 2.12 bits per heavy atom. The van der Waals surface area contributed by atoms with Gasteiger partial charge in [-0.15, -0.1) is 11.3 Å². The SMILES string of the molecule is CN(C)Cc1csc([C@H]2CC(=O)Nc3c2cnn3Cc2ccncc2)c1. The highest BCUT2D eigenvalue weighted by molar-refractivity contribution is 7.10. The maximum atomic E-state index is 12.3. The summed E-state index contributed by atoms with van der Waals surface area (Å²) in [6.07, 6.45) is 5.90. The molecule has 0 fully saturated rings. The molecule has 3 aromatic rings. The average Bonchev–Trinajstić information content (AvgIpc) is 3.22. The number of pyridine rings is 1. The Labute approximate surface area is 156 Å². The van der Waals surface area contributed by atoms with Crippen LogP contribution in [0.1, 0.15) is 33.9 Å². The van der Waals surface area contributed by atoms with Gasteiger partial charge in [0, 0.05) is 41.7 Å². The highest BCUT2D eigenvalue weighted by Crippen LogP contribution is 2.39. The van der Waals surface area contributed by atoms with Crippen molar-refractivity contribution in [3.63, 3.8) is 0 Å². The van der Waals surface area contributed by atoms with E-state index >= 15 is 0 Å². The second kappa shape index (κ2) is 7.01. The lowest BCUT2D eigenvalue weighted by molar-refractivity contribution is -0.116. The number of fused-ring (bicyclic) bond motifs is 1. The molecule has 0 radical (unpaired) electrons. The van der Waals surface area contributed by atoms with Gasteiger partial charge in [0.1, 0.15) is 5.82 Å². The molecule has 4 heterocycles. The number of nitrogens with zero attached hydrogens (tertiary/aromatic N) is 4. The van der Waals surface area contributed by atoms with E-state index in [-0.39, 0.29) is 11.8 Å². The average molecular weight is 367 g/mol. The van der Waals surface area contributed by atoms with E-state index in [2.05, 4.69) is 45.8 Å². The molecular weight excluding hydrogens is 346 g/mol. The third-order valence-electron chi connectivity index (χ3n) is 4.49. The predicted octanol–water partition coefficient (Wildman–Crippen LogP) is 2.92. The van der Waals surface area contributed by atoms with Gasteiger partial charge in [-0.25, -0.2) is 4.68 Å². The third-order valence-corrected chi connectivity index (χ3v) is 5.58. The monoisotopic (exact) mass is 367 g/mol. The third kappa shape index (κ3) is 3.40. The van der Waals surface area contributed by atoms with E-state index in [9.17, 15) is 4.79 Å². The molecule has 0 aromatic carbocycles. The van der Waals surface area contributed by atoms with Crippen LogP contribution >= 0.6 is 11.3 Å². The van der Waals surface area contributed by atoms with Crippen LogP contribution in [0.15, 0.2) is 42.2 Å². The maximum absolute atomic E-state index is 12.3. The van der Waals surface area contributed by atoms with Crippen LogP contribution in [0, 0.1) is 0 Å². The van der Waals surface area contributed by atoms with Crippen molar-refractivity contribution in [1.82, 2.24) is 19.7 Å². The number of nitrogens with one attached hydrogen (secondary N) is 1. The van der Waals surface area contributed by atoms with Gasteiger partial charge in [-0.05, 0) is 48.8 Å². The number of amides is 1. The lowest BCUT2D eigenvalue weighted by atomic mass is 9.92. The lowest BCUT2D eigenvalue weighted by Gasteiger charge is -2.22. The van der Waals surface area contributed by atoms with E-state index in [0.717, 1.165) is 23.5 Å². The van der Waals surface area contributed by atoms with Gasteiger partial charge < -0.3 is 10.2 Å². The largest absolute Gasteiger partial charge is 0.311 e. The summed E-state index contributed by atoms with van der Waals surface area (Å²) in [6.45, 7) is 1.52. The van der Waals surface area contributed by atoms with E-state index in [1.54, 1.807) is 23.7 Å². The first-order valence-corrected chi connectivity index (χ1v) is 9.44. The summed E-state index contributed by atoms with van der Waals surface area (Å²) < 4.78 is 1.86. The van der Waals surface area contributed by atoms with Crippen LogP contribution in [0.25, 0.3) is 0 Å². The van der Waals surface area contributed by atoms with E-state index in [1.807, 2.05) is 23.0 Å². The molecule has 0 spiro atoms. The zero-order valence-electron chi connectivity index (χ0n) is 14.8. The molecule has 7 heteroatoms.